The van der Waals surface area contributed by atoms with Crippen LogP contribution in [0.4, 0.5) is 0 Å². The number of aryl methyl sites for hydroxylation is 1. The molecule has 0 aliphatic heterocycles. The van der Waals surface area contributed by atoms with Gasteiger partial charge in [-0.3, -0.25) is 4.79 Å². The number of benzene rings is 1. The van der Waals surface area contributed by atoms with E-state index < -0.39 is 0 Å². The van der Waals surface area contributed by atoms with Gasteiger partial charge in [0, 0.05) is 6.04 Å². The Kier molecular flexibility index (Phi) is 7.19. The van der Waals surface area contributed by atoms with Crippen LogP contribution in [0.15, 0.2) is 24.3 Å². The summed E-state index contributed by atoms with van der Waals surface area (Å²) >= 11 is 0. The molecule has 0 radical (unpaired) electrons. The molecule has 1 rings (SSSR count). The Hall–Kier alpha value is -1.35. The second-order valence-electron chi connectivity index (χ2n) is 4.77. The van der Waals surface area contributed by atoms with Crippen molar-refractivity contribution < 1.29 is 9.53 Å². The molecule has 3 heteroatoms. The van der Waals surface area contributed by atoms with E-state index in [2.05, 4.69) is 36.5 Å². The molecule has 0 heterocycles. The Bertz CT molecular complexity index is 373. The van der Waals surface area contributed by atoms with Crippen molar-refractivity contribution in [1.29, 1.82) is 0 Å². The van der Waals surface area contributed by atoms with Crippen LogP contribution in [0.25, 0.3) is 0 Å². The van der Waals surface area contributed by atoms with Crippen molar-refractivity contribution in [3.05, 3.63) is 35.4 Å². The lowest BCUT2D eigenvalue weighted by Crippen LogP contribution is -2.31. The number of hydrogen-bond donors (Lipinski definition) is 1. The third kappa shape index (κ3) is 5.88. The van der Waals surface area contributed by atoms with Crippen LogP contribution in [0, 0.1) is 0 Å². The van der Waals surface area contributed by atoms with E-state index in [0.717, 1.165) is 12.8 Å². The molecule has 0 aliphatic carbocycles. The molecule has 19 heavy (non-hydrogen) atoms. The third-order valence-corrected chi connectivity index (χ3v) is 3.17. The van der Waals surface area contributed by atoms with Crippen LogP contribution in [0.1, 0.15) is 37.8 Å². The molecule has 0 spiro atoms. The van der Waals surface area contributed by atoms with Gasteiger partial charge >= 0.3 is 5.97 Å². The van der Waals surface area contributed by atoms with Crippen LogP contribution < -0.4 is 5.32 Å². The first-order valence-corrected chi connectivity index (χ1v) is 7.10. The van der Waals surface area contributed by atoms with Crippen LogP contribution in [0.3, 0.4) is 0 Å². The number of ether oxygens (including phenoxy) is 1. The first kappa shape index (κ1) is 15.7. The van der Waals surface area contributed by atoms with E-state index in [1.165, 1.54) is 17.5 Å². The van der Waals surface area contributed by atoms with Crippen molar-refractivity contribution >= 4 is 5.97 Å². The number of hydrogen-bond acceptors (Lipinski definition) is 3. The van der Waals surface area contributed by atoms with E-state index >= 15 is 0 Å². The zero-order valence-corrected chi connectivity index (χ0v) is 12.2. The predicted molar refractivity (Wildman–Crippen MR) is 78.2 cm³/mol. The van der Waals surface area contributed by atoms with E-state index in [-0.39, 0.29) is 12.0 Å². The summed E-state index contributed by atoms with van der Waals surface area (Å²) in [5.74, 6) is -0.135. The lowest BCUT2D eigenvalue weighted by Gasteiger charge is -2.15. The summed E-state index contributed by atoms with van der Waals surface area (Å²) in [5, 5.41) is 3.18. The van der Waals surface area contributed by atoms with Crippen LogP contribution in [0.5, 0.6) is 0 Å². The van der Waals surface area contributed by atoms with Gasteiger partial charge in [0.1, 0.15) is 0 Å². The zero-order chi connectivity index (χ0) is 14.1. The maximum absolute atomic E-state index is 11.5. The normalized spacial score (nSPS) is 12.2. The molecule has 0 aliphatic rings. The van der Waals surface area contributed by atoms with Crippen LogP contribution in [-0.4, -0.2) is 25.7 Å². The Labute approximate surface area is 116 Å². The average Bonchev–Trinajstić information content (AvgIpc) is 2.40. The highest BCUT2D eigenvalue weighted by Gasteiger charge is 2.13. The maximum atomic E-state index is 11.5. The van der Waals surface area contributed by atoms with Crippen molar-refractivity contribution in [3.8, 4) is 0 Å². The lowest BCUT2D eigenvalue weighted by molar-refractivity contribution is -0.143. The molecule has 106 valence electrons. The summed E-state index contributed by atoms with van der Waals surface area (Å²) < 4.78 is 4.98. The Morgan fingerprint density at radius 3 is 2.37 bits per heavy atom. The largest absolute Gasteiger partial charge is 0.466 e. The molecular formula is C16H25NO2. The second kappa shape index (κ2) is 8.70. The highest BCUT2D eigenvalue weighted by molar-refractivity contribution is 5.70. The maximum Gasteiger partial charge on any atom is 0.307 e. The number of carbonyl (C=O) groups excluding carboxylic acids is 1. The standard InChI is InChI=1S/C16H25NO2/c1-4-6-13-7-9-14(10-8-13)11-15(17-3)12-16(18)19-5-2/h7-10,15,17H,4-6,11-12H2,1-3H3. The Morgan fingerprint density at radius 2 is 1.84 bits per heavy atom. The van der Waals surface area contributed by atoms with E-state index in [0.29, 0.717) is 13.0 Å². The minimum Gasteiger partial charge on any atom is -0.466 e. The number of carbonyl (C=O) groups is 1. The van der Waals surface area contributed by atoms with Gasteiger partial charge in [-0.25, -0.2) is 0 Å². The summed E-state index contributed by atoms with van der Waals surface area (Å²) in [6.07, 6.45) is 3.56. The average molecular weight is 263 g/mol. The molecule has 1 N–H and O–H groups in total. The van der Waals surface area contributed by atoms with Gasteiger partial charge in [-0.1, -0.05) is 37.6 Å². The van der Waals surface area contributed by atoms with Crippen molar-refractivity contribution in [3.63, 3.8) is 0 Å². The summed E-state index contributed by atoms with van der Waals surface area (Å²) in [7, 11) is 1.88. The van der Waals surface area contributed by atoms with Crippen molar-refractivity contribution in [2.75, 3.05) is 13.7 Å². The summed E-state index contributed by atoms with van der Waals surface area (Å²) in [6.45, 7) is 4.46. The molecule has 1 aromatic rings. The van der Waals surface area contributed by atoms with E-state index in [9.17, 15) is 4.79 Å². The molecule has 0 saturated carbocycles. The molecule has 1 atom stereocenters. The molecule has 0 bridgehead atoms. The summed E-state index contributed by atoms with van der Waals surface area (Å²) in [5.41, 5.74) is 2.63. The molecular weight excluding hydrogens is 238 g/mol. The second-order valence-corrected chi connectivity index (χ2v) is 4.77. The summed E-state index contributed by atoms with van der Waals surface area (Å²) in [6, 6.07) is 8.79. The molecule has 0 saturated heterocycles. The van der Waals surface area contributed by atoms with Crippen molar-refractivity contribution in [1.82, 2.24) is 5.32 Å². The fraction of sp³-hybridized carbons (Fsp3) is 0.562. The lowest BCUT2D eigenvalue weighted by atomic mass is 10.0. The smallest absolute Gasteiger partial charge is 0.307 e. The SMILES string of the molecule is CCCc1ccc(CC(CC(=O)OCC)NC)cc1. The van der Waals surface area contributed by atoms with Gasteiger partial charge in [-0.05, 0) is 37.9 Å². The van der Waals surface area contributed by atoms with Gasteiger partial charge in [0.2, 0.25) is 0 Å². The number of rotatable bonds is 8. The van der Waals surface area contributed by atoms with Crippen molar-refractivity contribution in [2.24, 2.45) is 0 Å². The first-order chi connectivity index (χ1) is 9.19. The minimum absolute atomic E-state index is 0.135. The number of esters is 1. The topological polar surface area (TPSA) is 38.3 Å². The molecule has 0 fully saturated rings. The quantitative estimate of drug-likeness (QED) is 0.733. The fourth-order valence-corrected chi connectivity index (χ4v) is 2.11. The van der Waals surface area contributed by atoms with Crippen LogP contribution in [0.2, 0.25) is 0 Å². The number of nitrogens with one attached hydrogen (secondary N) is 1. The third-order valence-electron chi connectivity index (χ3n) is 3.17. The van der Waals surface area contributed by atoms with Gasteiger partial charge in [0.05, 0.1) is 13.0 Å². The van der Waals surface area contributed by atoms with Gasteiger partial charge in [-0.15, -0.1) is 0 Å². The molecule has 1 unspecified atom stereocenters. The first-order valence-electron chi connectivity index (χ1n) is 7.10. The van der Waals surface area contributed by atoms with Crippen LogP contribution >= 0.6 is 0 Å². The van der Waals surface area contributed by atoms with E-state index in [1.54, 1.807) is 0 Å². The Morgan fingerprint density at radius 1 is 1.21 bits per heavy atom. The van der Waals surface area contributed by atoms with E-state index in [1.807, 2.05) is 14.0 Å². The van der Waals surface area contributed by atoms with Crippen LogP contribution in [-0.2, 0) is 22.4 Å². The highest BCUT2D eigenvalue weighted by atomic mass is 16.5. The van der Waals surface area contributed by atoms with Gasteiger partial charge < -0.3 is 10.1 Å². The van der Waals surface area contributed by atoms with E-state index in [4.69, 9.17) is 4.74 Å². The van der Waals surface area contributed by atoms with Gasteiger partial charge in [0.15, 0.2) is 0 Å². The molecule has 3 nitrogen and oxygen atoms in total. The van der Waals surface area contributed by atoms with Crippen molar-refractivity contribution in [2.45, 2.75) is 45.6 Å². The number of likely N-dealkylation sites (N-methyl/N-ethyl adjacent to an activating group) is 1. The van der Waals surface area contributed by atoms with Gasteiger partial charge in [0.25, 0.3) is 0 Å². The van der Waals surface area contributed by atoms with Gasteiger partial charge in [-0.2, -0.15) is 0 Å². The minimum atomic E-state index is -0.135. The fourth-order valence-electron chi connectivity index (χ4n) is 2.11. The highest BCUT2D eigenvalue weighted by Crippen LogP contribution is 2.10. The molecule has 0 amide bonds. The predicted octanol–water partition coefficient (Wildman–Crippen LogP) is 2.72. The Balaban J connectivity index is 2.52. The zero-order valence-electron chi connectivity index (χ0n) is 12.2. The molecule has 0 aromatic heterocycles. The monoisotopic (exact) mass is 263 g/mol. The summed E-state index contributed by atoms with van der Waals surface area (Å²) in [4.78, 5) is 11.5. The molecule has 1 aromatic carbocycles.